The van der Waals surface area contributed by atoms with Gasteiger partial charge in [0.1, 0.15) is 29.3 Å². The molecule has 4 aromatic rings. The number of H-pyrrole nitrogens is 1. The predicted molar refractivity (Wildman–Crippen MR) is 95.2 cm³/mol. The standard InChI is InChI=1S/C18H12FN7O/c19-12-3-1-2-10(7-20)15(12)17-24-13-4-5-21-18(16(13)26-17)25-14-6-11(8-27)22-9-23-14/h1-6,9,27H,8H2,(H,24,26)(H,21,22,23,25). The Morgan fingerprint density at radius 2 is 2.11 bits per heavy atom. The molecule has 0 aliphatic carbocycles. The van der Waals surface area contributed by atoms with Crippen molar-refractivity contribution in [2.45, 2.75) is 6.61 Å². The number of halogens is 1. The van der Waals surface area contributed by atoms with Gasteiger partial charge in [0.25, 0.3) is 0 Å². The smallest absolute Gasteiger partial charge is 0.159 e. The third-order valence-electron chi connectivity index (χ3n) is 3.90. The normalized spacial score (nSPS) is 10.7. The Morgan fingerprint density at radius 1 is 1.22 bits per heavy atom. The molecule has 132 valence electrons. The number of pyridine rings is 1. The van der Waals surface area contributed by atoms with Crippen LogP contribution in [0.5, 0.6) is 0 Å². The van der Waals surface area contributed by atoms with Crippen LogP contribution >= 0.6 is 0 Å². The van der Waals surface area contributed by atoms with Crippen LogP contribution in [0.15, 0.2) is 42.9 Å². The highest BCUT2D eigenvalue weighted by atomic mass is 19.1. The summed E-state index contributed by atoms with van der Waals surface area (Å²) in [6, 6.07) is 9.53. The zero-order valence-corrected chi connectivity index (χ0v) is 13.8. The van der Waals surface area contributed by atoms with E-state index in [1.54, 1.807) is 18.3 Å². The topological polar surface area (TPSA) is 123 Å². The molecule has 4 rings (SSSR count). The van der Waals surface area contributed by atoms with E-state index in [-0.39, 0.29) is 23.6 Å². The fourth-order valence-corrected chi connectivity index (χ4v) is 2.68. The molecule has 0 fully saturated rings. The lowest BCUT2D eigenvalue weighted by Gasteiger charge is -2.05. The number of aromatic amines is 1. The first-order chi connectivity index (χ1) is 13.2. The van der Waals surface area contributed by atoms with Crippen molar-refractivity contribution in [3.05, 3.63) is 59.9 Å². The average molecular weight is 361 g/mol. The number of aliphatic hydroxyl groups is 1. The highest BCUT2D eigenvalue weighted by molar-refractivity contribution is 5.90. The molecule has 0 spiro atoms. The number of nitrogens with one attached hydrogen (secondary N) is 2. The summed E-state index contributed by atoms with van der Waals surface area (Å²) in [5.41, 5.74) is 1.81. The van der Waals surface area contributed by atoms with Crippen molar-refractivity contribution in [3.8, 4) is 17.5 Å². The van der Waals surface area contributed by atoms with Gasteiger partial charge < -0.3 is 15.4 Å². The summed E-state index contributed by atoms with van der Waals surface area (Å²) in [5, 5.41) is 21.5. The van der Waals surface area contributed by atoms with Gasteiger partial charge in [-0.15, -0.1) is 0 Å². The van der Waals surface area contributed by atoms with Crippen molar-refractivity contribution in [2.24, 2.45) is 0 Å². The van der Waals surface area contributed by atoms with Gasteiger partial charge in [0.15, 0.2) is 5.82 Å². The minimum atomic E-state index is -0.543. The number of nitriles is 1. The minimum absolute atomic E-state index is 0.103. The first-order valence-electron chi connectivity index (χ1n) is 7.92. The lowest BCUT2D eigenvalue weighted by molar-refractivity contribution is 0.276. The molecule has 1 aromatic carbocycles. The van der Waals surface area contributed by atoms with Crippen LogP contribution in [0, 0.1) is 17.1 Å². The molecule has 3 aromatic heterocycles. The zero-order valence-electron chi connectivity index (χ0n) is 13.8. The van der Waals surface area contributed by atoms with Gasteiger partial charge in [0.2, 0.25) is 0 Å². The van der Waals surface area contributed by atoms with Crippen LogP contribution in [0.1, 0.15) is 11.3 Å². The van der Waals surface area contributed by atoms with E-state index in [9.17, 15) is 14.8 Å². The molecule has 0 saturated carbocycles. The summed E-state index contributed by atoms with van der Waals surface area (Å²) < 4.78 is 14.3. The lowest BCUT2D eigenvalue weighted by Crippen LogP contribution is -1.99. The predicted octanol–water partition coefficient (Wildman–Crippen LogP) is 2.66. The number of fused-ring (bicyclic) bond motifs is 1. The summed E-state index contributed by atoms with van der Waals surface area (Å²) in [7, 11) is 0. The van der Waals surface area contributed by atoms with Gasteiger partial charge >= 0.3 is 0 Å². The number of nitrogens with zero attached hydrogens (tertiary/aromatic N) is 5. The first-order valence-corrected chi connectivity index (χ1v) is 7.92. The Kier molecular flexibility index (Phi) is 4.16. The van der Waals surface area contributed by atoms with Crippen LogP contribution in [-0.4, -0.2) is 30.0 Å². The minimum Gasteiger partial charge on any atom is -0.390 e. The Bertz CT molecular complexity index is 1180. The van der Waals surface area contributed by atoms with Gasteiger partial charge in [-0.3, -0.25) is 0 Å². The van der Waals surface area contributed by atoms with E-state index < -0.39 is 5.82 Å². The molecule has 0 atom stereocenters. The Labute approximate surface area is 152 Å². The van der Waals surface area contributed by atoms with Crippen molar-refractivity contribution >= 4 is 22.7 Å². The fourth-order valence-electron chi connectivity index (χ4n) is 2.68. The van der Waals surface area contributed by atoms with E-state index in [1.165, 1.54) is 24.5 Å². The summed E-state index contributed by atoms with van der Waals surface area (Å²) in [4.78, 5) is 19.7. The van der Waals surface area contributed by atoms with Gasteiger partial charge in [0.05, 0.1) is 35.0 Å². The Morgan fingerprint density at radius 3 is 2.93 bits per heavy atom. The van der Waals surface area contributed by atoms with Crippen LogP contribution in [0.2, 0.25) is 0 Å². The monoisotopic (exact) mass is 361 g/mol. The second kappa shape index (κ2) is 6.78. The van der Waals surface area contributed by atoms with Gasteiger partial charge in [-0.25, -0.2) is 24.3 Å². The van der Waals surface area contributed by atoms with Gasteiger partial charge in [-0.1, -0.05) is 6.07 Å². The molecule has 9 heteroatoms. The van der Waals surface area contributed by atoms with E-state index in [0.29, 0.717) is 28.4 Å². The molecule has 0 unspecified atom stereocenters. The number of aliphatic hydroxyl groups excluding tert-OH is 1. The fraction of sp³-hybridized carbons (Fsp3) is 0.0556. The third kappa shape index (κ3) is 3.05. The molecule has 8 nitrogen and oxygen atoms in total. The summed E-state index contributed by atoms with van der Waals surface area (Å²) in [5.74, 6) is 0.517. The van der Waals surface area contributed by atoms with E-state index in [2.05, 4.69) is 30.2 Å². The van der Waals surface area contributed by atoms with Gasteiger partial charge in [0, 0.05) is 12.3 Å². The SMILES string of the molecule is N#Cc1cccc(F)c1-c1nc2c(Nc3cc(CO)ncn3)nccc2[nH]1. The average Bonchev–Trinajstić information content (AvgIpc) is 3.12. The molecule has 27 heavy (non-hydrogen) atoms. The second-order valence-electron chi connectivity index (χ2n) is 5.59. The van der Waals surface area contributed by atoms with Gasteiger partial charge in [-0.05, 0) is 18.2 Å². The number of benzene rings is 1. The van der Waals surface area contributed by atoms with E-state index >= 15 is 0 Å². The third-order valence-corrected chi connectivity index (χ3v) is 3.90. The number of hydrogen-bond acceptors (Lipinski definition) is 7. The van der Waals surface area contributed by atoms with Crippen molar-refractivity contribution in [1.29, 1.82) is 5.26 Å². The molecule has 0 bridgehead atoms. The van der Waals surface area contributed by atoms with E-state index in [0.717, 1.165) is 0 Å². The number of anilines is 2. The lowest BCUT2D eigenvalue weighted by atomic mass is 10.1. The maximum Gasteiger partial charge on any atom is 0.159 e. The number of aromatic nitrogens is 5. The van der Waals surface area contributed by atoms with Crippen LogP contribution in [0.4, 0.5) is 16.0 Å². The van der Waals surface area contributed by atoms with Crippen molar-refractivity contribution < 1.29 is 9.50 Å². The Balaban J connectivity index is 1.81. The number of hydrogen-bond donors (Lipinski definition) is 3. The van der Waals surface area contributed by atoms with Crippen molar-refractivity contribution in [2.75, 3.05) is 5.32 Å². The summed E-state index contributed by atoms with van der Waals surface area (Å²) in [6.45, 7) is -0.217. The maximum absolute atomic E-state index is 14.3. The van der Waals surface area contributed by atoms with Crippen LogP contribution in [0.3, 0.4) is 0 Å². The van der Waals surface area contributed by atoms with Crippen LogP contribution in [0.25, 0.3) is 22.4 Å². The summed E-state index contributed by atoms with van der Waals surface area (Å²) in [6.07, 6.45) is 2.88. The van der Waals surface area contributed by atoms with Crippen LogP contribution in [-0.2, 0) is 6.61 Å². The molecule has 0 saturated heterocycles. The largest absolute Gasteiger partial charge is 0.390 e. The highest BCUT2D eigenvalue weighted by Gasteiger charge is 2.17. The number of imidazole rings is 1. The Hall–Kier alpha value is -3.90. The summed E-state index contributed by atoms with van der Waals surface area (Å²) >= 11 is 0. The number of rotatable bonds is 4. The van der Waals surface area contributed by atoms with Crippen LogP contribution < -0.4 is 5.32 Å². The quantitative estimate of drug-likeness (QED) is 0.510. The van der Waals surface area contributed by atoms with E-state index in [1.807, 2.05) is 6.07 Å². The van der Waals surface area contributed by atoms with E-state index in [4.69, 9.17) is 0 Å². The maximum atomic E-state index is 14.3. The molecule has 0 aliphatic heterocycles. The molecular formula is C18H12FN7O. The molecule has 0 radical (unpaired) electrons. The molecule has 3 heterocycles. The zero-order chi connectivity index (χ0) is 18.8. The second-order valence-corrected chi connectivity index (χ2v) is 5.59. The first kappa shape index (κ1) is 16.6. The molecule has 3 N–H and O–H groups in total. The molecular weight excluding hydrogens is 349 g/mol. The highest BCUT2D eigenvalue weighted by Crippen LogP contribution is 2.29. The molecule has 0 aliphatic rings. The van der Waals surface area contributed by atoms with Gasteiger partial charge in [-0.2, -0.15) is 5.26 Å². The van der Waals surface area contributed by atoms with Crippen molar-refractivity contribution in [3.63, 3.8) is 0 Å². The molecule has 0 amide bonds. The van der Waals surface area contributed by atoms with Crippen molar-refractivity contribution in [1.82, 2.24) is 24.9 Å².